The first-order valence-electron chi connectivity index (χ1n) is 5.79. The van der Waals surface area contributed by atoms with Crippen molar-refractivity contribution in [1.29, 1.82) is 0 Å². The summed E-state index contributed by atoms with van der Waals surface area (Å²) in [5.74, 6) is 0. The van der Waals surface area contributed by atoms with E-state index in [0.29, 0.717) is 18.7 Å². The largest absolute Gasteiger partial charge is 0.392 e. The zero-order valence-corrected chi connectivity index (χ0v) is 9.58. The molecule has 1 aromatic carbocycles. The highest BCUT2D eigenvalue weighted by atomic mass is 16.6. The van der Waals surface area contributed by atoms with E-state index in [0.717, 1.165) is 19.4 Å². The number of piperidine rings is 1. The number of benzene rings is 1. The highest BCUT2D eigenvalue weighted by Gasteiger charge is 2.20. The van der Waals surface area contributed by atoms with E-state index in [-0.39, 0.29) is 16.7 Å². The lowest BCUT2D eigenvalue weighted by atomic mass is 10.1. The van der Waals surface area contributed by atoms with Gasteiger partial charge in [-0.15, -0.1) is 0 Å². The Kier molecular flexibility index (Phi) is 3.71. The molecule has 2 rings (SSSR count). The van der Waals surface area contributed by atoms with Gasteiger partial charge in [0.15, 0.2) is 0 Å². The molecule has 0 spiro atoms. The van der Waals surface area contributed by atoms with E-state index < -0.39 is 0 Å². The molecule has 17 heavy (non-hydrogen) atoms. The summed E-state index contributed by atoms with van der Waals surface area (Å²) in [6, 6.07) is 6.78. The summed E-state index contributed by atoms with van der Waals surface area (Å²) in [5, 5.41) is 20.4. The van der Waals surface area contributed by atoms with Gasteiger partial charge in [0.25, 0.3) is 5.69 Å². The molecule has 1 N–H and O–H groups in total. The quantitative estimate of drug-likeness (QED) is 0.638. The van der Waals surface area contributed by atoms with Gasteiger partial charge in [-0.05, 0) is 19.4 Å². The normalized spacial score (nSPS) is 21.4. The van der Waals surface area contributed by atoms with Gasteiger partial charge in [-0.2, -0.15) is 0 Å². The van der Waals surface area contributed by atoms with Gasteiger partial charge in [-0.3, -0.25) is 15.0 Å². The summed E-state index contributed by atoms with van der Waals surface area (Å²) >= 11 is 0. The highest BCUT2D eigenvalue weighted by molar-refractivity contribution is 5.39. The van der Waals surface area contributed by atoms with Crippen LogP contribution in [-0.2, 0) is 6.54 Å². The molecular formula is C12H16N2O3. The van der Waals surface area contributed by atoms with Gasteiger partial charge in [0, 0.05) is 24.7 Å². The van der Waals surface area contributed by atoms with E-state index in [2.05, 4.69) is 4.90 Å². The summed E-state index contributed by atoms with van der Waals surface area (Å²) in [5.41, 5.74) is 0.874. The fraction of sp³-hybridized carbons (Fsp3) is 0.500. The van der Waals surface area contributed by atoms with E-state index in [9.17, 15) is 15.2 Å². The predicted octanol–water partition coefficient (Wildman–Crippen LogP) is 1.55. The number of rotatable bonds is 3. The number of nitro groups is 1. The molecule has 1 heterocycles. The number of likely N-dealkylation sites (tertiary alicyclic amines) is 1. The van der Waals surface area contributed by atoms with Gasteiger partial charge in [-0.1, -0.05) is 18.2 Å². The van der Waals surface area contributed by atoms with Crippen molar-refractivity contribution in [3.05, 3.63) is 39.9 Å². The third-order valence-electron chi connectivity index (χ3n) is 3.06. The Morgan fingerprint density at radius 1 is 1.47 bits per heavy atom. The number of aliphatic hydroxyl groups is 1. The van der Waals surface area contributed by atoms with E-state index in [1.807, 2.05) is 6.07 Å². The van der Waals surface area contributed by atoms with Gasteiger partial charge in [0.1, 0.15) is 0 Å². The number of aliphatic hydroxyl groups excluding tert-OH is 1. The molecule has 0 unspecified atom stereocenters. The number of hydrogen-bond donors (Lipinski definition) is 1. The average molecular weight is 236 g/mol. The van der Waals surface area contributed by atoms with Crippen LogP contribution in [0.5, 0.6) is 0 Å². The van der Waals surface area contributed by atoms with Crippen LogP contribution in [0.2, 0.25) is 0 Å². The maximum absolute atomic E-state index is 10.9. The van der Waals surface area contributed by atoms with Crippen molar-refractivity contribution < 1.29 is 10.0 Å². The van der Waals surface area contributed by atoms with Crippen molar-refractivity contribution in [2.75, 3.05) is 13.1 Å². The number of nitrogens with zero attached hydrogens (tertiary/aromatic N) is 2. The Morgan fingerprint density at radius 2 is 2.24 bits per heavy atom. The molecule has 1 aliphatic rings. The first kappa shape index (κ1) is 12.0. The van der Waals surface area contributed by atoms with Crippen molar-refractivity contribution >= 4 is 5.69 Å². The number of hydrogen-bond acceptors (Lipinski definition) is 4. The molecule has 0 radical (unpaired) electrons. The van der Waals surface area contributed by atoms with Crippen molar-refractivity contribution in [2.24, 2.45) is 0 Å². The first-order valence-corrected chi connectivity index (χ1v) is 5.79. The average Bonchev–Trinajstić information content (AvgIpc) is 2.29. The van der Waals surface area contributed by atoms with Crippen LogP contribution in [0.25, 0.3) is 0 Å². The van der Waals surface area contributed by atoms with E-state index >= 15 is 0 Å². The summed E-state index contributed by atoms with van der Waals surface area (Å²) in [6.45, 7) is 2.03. The molecule has 5 heteroatoms. The molecular weight excluding hydrogens is 220 g/mol. The standard InChI is InChI=1S/C12H16N2O3/c15-11-5-3-7-13(9-11)8-10-4-1-2-6-12(10)14(16)17/h1-2,4,6,11,15H,3,5,7-9H2/t11-/m0/s1. The monoisotopic (exact) mass is 236 g/mol. The van der Waals surface area contributed by atoms with Crippen LogP contribution in [0, 0.1) is 10.1 Å². The molecule has 0 aromatic heterocycles. The Labute approximate surface area is 99.8 Å². The summed E-state index contributed by atoms with van der Waals surface area (Å²) < 4.78 is 0. The van der Waals surface area contributed by atoms with E-state index in [4.69, 9.17) is 0 Å². The summed E-state index contributed by atoms with van der Waals surface area (Å²) in [7, 11) is 0. The first-order chi connectivity index (χ1) is 8.16. The van der Waals surface area contributed by atoms with Crippen molar-refractivity contribution in [2.45, 2.75) is 25.5 Å². The Balaban J connectivity index is 2.10. The van der Waals surface area contributed by atoms with Crippen LogP contribution in [0.1, 0.15) is 18.4 Å². The van der Waals surface area contributed by atoms with Crippen LogP contribution in [0.4, 0.5) is 5.69 Å². The zero-order chi connectivity index (χ0) is 12.3. The van der Waals surface area contributed by atoms with Crippen molar-refractivity contribution in [1.82, 2.24) is 4.90 Å². The minimum Gasteiger partial charge on any atom is -0.392 e. The topological polar surface area (TPSA) is 66.6 Å². The maximum atomic E-state index is 10.9. The second kappa shape index (κ2) is 5.25. The third-order valence-corrected chi connectivity index (χ3v) is 3.06. The van der Waals surface area contributed by atoms with Crippen LogP contribution < -0.4 is 0 Å². The van der Waals surface area contributed by atoms with Crippen LogP contribution in [0.3, 0.4) is 0 Å². The van der Waals surface area contributed by atoms with Crippen LogP contribution in [-0.4, -0.2) is 34.1 Å². The van der Waals surface area contributed by atoms with Gasteiger partial charge >= 0.3 is 0 Å². The molecule has 1 saturated heterocycles. The molecule has 1 aromatic rings. The minimum absolute atomic E-state index is 0.160. The lowest BCUT2D eigenvalue weighted by Crippen LogP contribution is -2.37. The number of nitro benzene ring substituents is 1. The second-order valence-electron chi connectivity index (χ2n) is 4.42. The van der Waals surface area contributed by atoms with Gasteiger partial charge in [0.2, 0.25) is 0 Å². The van der Waals surface area contributed by atoms with Crippen molar-refractivity contribution in [3.63, 3.8) is 0 Å². The molecule has 1 fully saturated rings. The molecule has 0 aliphatic carbocycles. The van der Waals surface area contributed by atoms with Crippen molar-refractivity contribution in [3.8, 4) is 0 Å². The van der Waals surface area contributed by atoms with E-state index in [1.54, 1.807) is 12.1 Å². The number of para-hydroxylation sites is 1. The molecule has 1 aliphatic heterocycles. The second-order valence-corrected chi connectivity index (χ2v) is 4.42. The predicted molar refractivity (Wildman–Crippen MR) is 63.6 cm³/mol. The minimum atomic E-state index is -0.351. The summed E-state index contributed by atoms with van der Waals surface area (Å²) in [6.07, 6.45) is 1.47. The fourth-order valence-electron chi connectivity index (χ4n) is 2.24. The zero-order valence-electron chi connectivity index (χ0n) is 9.58. The Morgan fingerprint density at radius 3 is 2.94 bits per heavy atom. The summed E-state index contributed by atoms with van der Waals surface area (Å²) in [4.78, 5) is 12.6. The fourth-order valence-corrected chi connectivity index (χ4v) is 2.24. The molecule has 1 atom stereocenters. The number of β-amino-alcohol motifs (C(OH)–C–C–N with tert-alkyl or cyclic N) is 1. The highest BCUT2D eigenvalue weighted by Crippen LogP contribution is 2.21. The molecule has 0 saturated carbocycles. The van der Waals surface area contributed by atoms with Gasteiger partial charge < -0.3 is 5.11 Å². The maximum Gasteiger partial charge on any atom is 0.273 e. The van der Waals surface area contributed by atoms with Crippen LogP contribution in [0.15, 0.2) is 24.3 Å². The SMILES string of the molecule is O=[N+]([O-])c1ccccc1CN1CCC[C@H](O)C1. The molecule has 0 bridgehead atoms. The molecule has 5 nitrogen and oxygen atoms in total. The van der Waals surface area contributed by atoms with Gasteiger partial charge in [-0.25, -0.2) is 0 Å². The molecule has 92 valence electrons. The smallest absolute Gasteiger partial charge is 0.273 e. The Hall–Kier alpha value is -1.46. The van der Waals surface area contributed by atoms with Gasteiger partial charge in [0.05, 0.1) is 11.0 Å². The van der Waals surface area contributed by atoms with E-state index in [1.165, 1.54) is 6.07 Å². The lowest BCUT2D eigenvalue weighted by molar-refractivity contribution is -0.385. The lowest BCUT2D eigenvalue weighted by Gasteiger charge is -2.29. The molecule has 0 amide bonds. The Bertz CT molecular complexity index is 408. The third kappa shape index (κ3) is 3.01. The van der Waals surface area contributed by atoms with Crippen LogP contribution >= 0.6 is 0 Å².